The first kappa shape index (κ1) is 37.6. The molecule has 11 nitrogen and oxygen atoms in total. The molecule has 4 N–H and O–H groups in total. The smallest absolute Gasteiger partial charge is 0.408 e. The van der Waals surface area contributed by atoms with Crippen LogP contribution < -0.4 is 16.4 Å². The summed E-state index contributed by atoms with van der Waals surface area (Å²) < 4.78 is 11.1. The minimum absolute atomic E-state index is 0.129. The molecule has 3 rings (SSSR count). The van der Waals surface area contributed by atoms with Crippen LogP contribution in [0.1, 0.15) is 96.4 Å². The molecule has 258 valence electrons. The molecule has 0 spiro atoms. The first-order valence-corrected chi connectivity index (χ1v) is 16.2. The minimum atomic E-state index is -1.30. The lowest BCUT2D eigenvalue weighted by Gasteiger charge is -2.44. The van der Waals surface area contributed by atoms with Gasteiger partial charge in [0.25, 0.3) is 0 Å². The van der Waals surface area contributed by atoms with E-state index in [1.54, 1.807) is 65.8 Å². The Morgan fingerprint density at radius 1 is 0.896 bits per heavy atom. The highest BCUT2D eigenvalue weighted by molar-refractivity contribution is 5.95. The summed E-state index contributed by atoms with van der Waals surface area (Å²) >= 11 is 0. The molecule has 2 aromatic carbocycles. The summed E-state index contributed by atoms with van der Waals surface area (Å²) in [6, 6.07) is 11.9. The maximum absolute atomic E-state index is 14.6. The molecule has 4 amide bonds. The van der Waals surface area contributed by atoms with E-state index < -0.39 is 65.2 Å². The second kappa shape index (κ2) is 16.3. The SMILES string of the molecule is C#Cc1ccccc1C(C(=O)NC(Cc1ccccc1)C(=O)OC(C)(C)C)N(C(=O)C(CCC(N)=O)NC(=O)OC(C)(C)C)C1CCC1. The van der Waals surface area contributed by atoms with Crippen molar-refractivity contribution in [2.24, 2.45) is 5.73 Å². The van der Waals surface area contributed by atoms with E-state index in [9.17, 15) is 24.0 Å². The van der Waals surface area contributed by atoms with E-state index in [1.165, 1.54) is 4.90 Å². The van der Waals surface area contributed by atoms with Gasteiger partial charge >= 0.3 is 12.1 Å². The Morgan fingerprint density at radius 2 is 1.50 bits per heavy atom. The van der Waals surface area contributed by atoms with E-state index in [0.29, 0.717) is 24.0 Å². The largest absolute Gasteiger partial charge is 0.458 e. The Balaban J connectivity index is 2.11. The maximum Gasteiger partial charge on any atom is 0.408 e. The summed E-state index contributed by atoms with van der Waals surface area (Å²) in [5, 5.41) is 5.47. The van der Waals surface area contributed by atoms with Crippen LogP contribution in [0.4, 0.5) is 4.79 Å². The van der Waals surface area contributed by atoms with Crippen molar-refractivity contribution < 1.29 is 33.4 Å². The second-order valence-electron chi connectivity index (χ2n) is 14.0. The number of hydrogen-bond donors (Lipinski definition) is 3. The zero-order chi connectivity index (χ0) is 35.6. The first-order valence-electron chi connectivity index (χ1n) is 16.2. The van der Waals surface area contributed by atoms with Gasteiger partial charge in [0.1, 0.15) is 29.3 Å². The van der Waals surface area contributed by atoms with Gasteiger partial charge in [0.2, 0.25) is 17.7 Å². The summed E-state index contributed by atoms with van der Waals surface area (Å²) in [6.07, 6.45) is 6.79. The van der Waals surface area contributed by atoms with Crippen molar-refractivity contribution in [3.8, 4) is 12.3 Å². The molecular weight excluding hydrogens is 612 g/mol. The molecule has 0 heterocycles. The maximum atomic E-state index is 14.6. The topological polar surface area (TPSA) is 157 Å². The standard InChI is InChI=1S/C37H48N4O7/c1-8-25-17-12-13-20-27(25)31(32(43)39-29(34(45)47-36(2,3)4)23-24-15-10-9-11-16-24)41(26-18-14-19-26)33(44)28(21-22-30(38)42)40-35(46)48-37(5,6)7/h1,9-13,15-17,20,26,28-29,31H,14,18-19,21-23H2,2-7H3,(H2,38,42)(H,39,43)(H,40,46). The van der Waals surface area contributed by atoms with Crippen molar-refractivity contribution in [1.82, 2.24) is 15.5 Å². The molecule has 1 aliphatic carbocycles. The Kier molecular flexibility index (Phi) is 12.8. The molecule has 2 aromatic rings. The number of rotatable bonds is 13. The number of amides is 4. The van der Waals surface area contributed by atoms with E-state index in [-0.39, 0.29) is 19.3 Å². The van der Waals surface area contributed by atoms with Gasteiger partial charge in [-0.05, 0) is 84.4 Å². The van der Waals surface area contributed by atoms with Gasteiger partial charge in [-0.25, -0.2) is 9.59 Å². The van der Waals surface area contributed by atoms with E-state index in [0.717, 1.165) is 12.0 Å². The summed E-state index contributed by atoms with van der Waals surface area (Å²) in [7, 11) is 0. The number of ether oxygens (including phenoxy) is 2. The zero-order valence-corrected chi connectivity index (χ0v) is 28.7. The van der Waals surface area contributed by atoms with Gasteiger partial charge in [-0.2, -0.15) is 0 Å². The van der Waals surface area contributed by atoms with Crippen LogP contribution in [0.15, 0.2) is 54.6 Å². The fourth-order valence-electron chi connectivity index (χ4n) is 5.31. The predicted molar refractivity (Wildman–Crippen MR) is 181 cm³/mol. The number of alkyl carbamates (subject to hydrolysis) is 1. The fraction of sp³-hybridized carbons (Fsp3) is 0.486. The number of nitrogens with one attached hydrogen (secondary N) is 2. The Bertz CT molecular complexity index is 1500. The third kappa shape index (κ3) is 11.1. The summed E-state index contributed by atoms with van der Waals surface area (Å²) in [4.78, 5) is 68.9. The van der Waals surface area contributed by atoms with Crippen LogP contribution in [0.25, 0.3) is 0 Å². The molecule has 0 radical (unpaired) electrons. The molecule has 3 unspecified atom stereocenters. The molecule has 0 saturated heterocycles. The molecule has 1 aliphatic rings. The summed E-state index contributed by atoms with van der Waals surface area (Å²) in [5.74, 6) is 0.0343. The number of nitrogens with zero attached hydrogens (tertiary/aromatic N) is 1. The van der Waals surface area contributed by atoms with E-state index in [1.807, 2.05) is 30.3 Å². The number of hydrogen-bond acceptors (Lipinski definition) is 7. The molecular formula is C37H48N4O7. The van der Waals surface area contributed by atoms with Crippen LogP contribution in [0.3, 0.4) is 0 Å². The van der Waals surface area contributed by atoms with E-state index >= 15 is 0 Å². The highest BCUT2D eigenvalue weighted by Crippen LogP contribution is 2.35. The molecule has 3 atom stereocenters. The number of carbonyl (C=O) groups excluding carboxylic acids is 5. The average Bonchev–Trinajstić information content (AvgIpc) is 2.96. The molecule has 0 aliphatic heterocycles. The average molecular weight is 661 g/mol. The number of primary amides is 1. The number of carbonyl (C=O) groups is 5. The van der Waals surface area contributed by atoms with Crippen molar-refractivity contribution in [3.05, 3.63) is 71.3 Å². The van der Waals surface area contributed by atoms with Crippen molar-refractivity contribution in [2.45, 2.75) is 115 Å². The summed E-state index contributed by atoms with van der Waals surface area (Å²) in [5.41, 5.74) is 5.27. The monoisotopic (exact) mass is 660 g/mol. The van der Waals surface area contributed by atoms with Gasteiger partial charge < -0.3 is 30.7 Å². The molecule has 11 heteroatoms. The molecule has 1 saturated carbocycles. The summed E-state index contributed by atoms with van der Waals surface area (Å²) in [6.45, 7) is 10.3. The van der Waals surface area contributed by atoms with Gasteiger partial charge in [-0.15, -0.1) is 6.42 Å². The van der Waals surface area contributed by atoms with Gasteiger partial charge in [0.05, 0.1) is 0 Å². The quantitative estimate of drug-likeness (QED) is 0.213. The molecule has 0 aromatic heterocycles. The van der Waals surface area contributed by atoms with Gasteiger partial charge in [-0.1, -0.05) is 54.5 Å². The highest BCUT2D eigenvalue weighted by Gasteiger charge is 2.43. The van der Waals surface area contributed by atoms with Gasteiger partial charge in [0.15, 0.2) is 0 Å². The van der Waals surface area contributed by atoms with Gasteiger partial charge in [0, 0.05) is 24.4 Å². The van der Waals surface area contributed by atoms with Crippen molar-refractivity contribution in [2.75, 3.05) is 0 Å². The Hall–Kier alpha value is -4.85. The number of benzene rings is 2. The minimum Gasteiger partial charge on any atom is -0.458 e. The van der Waals surface area contributed by atoms with Crippen LogP contribution in [0, 0.1) is 12.3 Å². The molecule has 0 bridgehead atoms. The first-order chi connectivity index (χ1) is 22.5. The van der Waals surface area contributed by atoms with Crippen molar-refractivity contribution in [3.63, 3.8) is 0 Å². The third-order valence-electron chi connectivity index (χ3n) is 7.62. The zero-order valence-electron chi connectivity index (χ0n) is 28.7. The van der Waals surface area contributed by atoms with Crippen LogP contribution in [0.5, 0.6) is 0 Å². The molecule has 1 fully saturated rings. The number of esters is 1. The normalized spacial score (nSPS) is 15.0. The second-order valence-corrected chi connectivity index (χ2v) is 14.0. The van der Waals surface area contributed by atoms with Crippen LogP contribution in [-0.2, 0) is 35.1 Å². The Morgan fingerprint density at radius 3 is 2.04 bits per heavy atom. The fourth-order valence-corrected chi connectivity index (χ4v) is 5.31. The van der Waals surface area contributed by atoms with Crippen molar-refractivity contribution >= 4 is 29.8 Å². The molecule has 48 heavy (non-hydrogen) atoms. The lowest BCUT2D eigenvalue weighted by Crippen LogP contribution is -2.59. The van der Waals surface area contributed by atoms with E-state index in [2.05, 4.69) is 16.6 Å². The number of nitrogens with two attached hydrogens (primary N) is 1. The Labute approximate surface area is 283 Å². The third-order valence-corrected chi connectivity index (χ3v) is 7.62. The lowest BCUT2D eigenvalue weighted by molar-refractivity contribution is -0.159. The highest BCUT2D eigenvalue weighted by atomic mass is 16.6. The van der Waals surface area contributed by atoms with Gasteiger partial charge in [-0.3, -0.25) is 14.4 Å². The van der Waals surface area contributed by atoms with E-state index in [4.69, 9.17) is 21.6 Å². The lowest BCUT2D eigenvalue weighted by atomic mass is 9.87. The van der Waals surface area contributed by atoms with Crippen LogP contribution in [-0.4, -0.2) is 64.0 Å². The van der Waals surface area contributed by atoms with Crippen LogP contribution >= 0.6 is 0 Å². The number of terminal acetylenes is 1. The van der Waals surface area contributed by atoms with Crippen molar-refractivity contribution in [1.29, 1.82) is 0 Å². The van der Waals surface area contributed by atoms with Crippen LogP contribution in [0.2, 0.25) is 0 Å². The predicted octanol–water partition coefficient (Wildman–Crippen LogP) is 4.32.